The van der Waals surface area contributed by atoms with Crippen LogP contribution in [0.1, 0.15) is 27.8 Å². The Bertz CT molecular complexity index is 1140. The molecule has 0 saturated carbocycles. The molecule has 3 aromatic rings. The van der Waals surface area contributed by atoms with Gasteiger partial charge in [-0.25, -0.2) is 0 Å². The van der Waals surface area contributed by atoms with Crippen LogP contribution in [-0.2, 0) is 17.9 Å². The molecule has 0 spiro atoms. The first-order valence-corrected chi connectivity index (χ1v) is 9.76. The first-order chi connectivity index (χ1) is 15.1. The number of aromatic nitrogens is 2. The van der Waals surface area contributed by atoms with Crippen molar-refractivity contribution in [3.63, 3.8) is 0 Å². The monoisotopic (exact) mass is 423 g/mol. The Morgan fingerprint density at radius 3 is 2.81 bits per heavy atom. The van der Waals surface area contributed by atoms with Gasteiger partial charge >= 0.3 is 0 Å². The van der Waals surface area contributed by atoms with Crippen LogP contribution in [0, 0.1) is 0 Å². The Kier molecular flexibility index (Phi) is 4.87. The van der Waals surface area contributed by atoms with Crippen molar-refractivity contribution in [1.82, 2.24) is 9.78 Å². The quantitative estimate of drug-likeness (QED) is 0.674. The van der Waals surface area contributed by atoms with Gasteiger partial charge in [0.25, 0.3) is 5.91 Å². The van der Waals surface area contributed by atoms with Gasteiger partial charge in [-0.2, -0.15) is 5.10 Å². The van der Waals surface area contributed by atoms with Crippen molar-refractivity contribution in [2.75, 3.05) is 26.3 Å². The first-order valence-electron chi connectivity index (χ1n) is 9.76. The molecule has 9 heteroatoms. The van der Waals surface area contributed by atoms with Crippen LogP contribution in [0.25, 0.3) is 0 Å². The summed E-state index contributed by atoms with van der Waals surface area (Å²) in [5, 5.41) is 7.33. The highest BCUT2D eigenvalue weighted by atomic mass is 16.7. The average Bonchev–Trinajstić information content (AvgIpc) is 3.44. The molecule has 1 atom stereocenters. The standard InChI is InChI=1S/C22H21N3O6/c1-27-15-4-6-18(28-2)16(9-15)23-22(26)17-8-14-11-29-21(10-25(14)24-17)13-3-5-19-20(7-13)31-12-30-19/h3-9,21H,10-12H2,1-2H3,(H,23,26)/t21-/m1/s1. The lowest BCUT2D eigenvalue weighted by Gasteiger charge is -2.24. The van der Waals surface area contributed by atoms with E-state index in [-0.39, 0.29) is 18.8 Å². The molecule has 0 unspecified atom stereocenters. The number of anilines is 1. The van der Waals surface area contributed by atoms with Gasteiger partial charge in [0.1, 0.15) is 17.6 Å². The van der Waals surface area contributed by atoms with Crippen molar-refractivity contribution in [1.29, 1.82) is 0 Å². The Hall–Kier alpha value is -3.72. The molecule has 160 valence electrons. The highest BCUT2D eigenvalue weighted by molar-refractivity contribution is 6.03. The van der Waals surface area contributed by atoms with Gasteiger partial charge in [-0.1, -0.05) is 6.07 Å². The van der Waals surface area contributed by atoms with Gasteiger partial charge in [0, 0.05) is 6.07 Å². The van der Waals surface area contributed by atoms with Gasteiger partial charge in [-0.15, -0.1) is 0 Å². The Morgan fingerprint density at radius 1 is 1.10 bits per heavy atom. The Labute approximate surface area is 178 Å². The number of fused-ring (bicyclic) bond motifs is 2. The largest absolute Gasteiger partial charge is 0.497 e. The molecule has 31 heavy (non-hydrogen) atoms. The van der Waals surface area contributed by atoms with E-state index in [1.54, 1.807) is 43.2 Å². The van der Waals surface area contributed by atoms with E-state index in [1.165, 1.54) is 0 Å². The molecular weight excluding hydrogens is 402 g/mol. The maximum atomic E-state index is 12.8. The smallest absolute Gasteiger partial charge is 0.276 e. The molecule has 0 saturated heterocycles. The normalized spacial score (nSPS) is 16.5. The van der Waals surface area contributed by atoms with E-state index in [4.69, 9.17) is 23.7 Å². The number of methoxy groups -OCH3 is 2. The summed E-state index contributed by atoms with van der Waals surface area (Å²) < 4.78 is 29.2. The van der Waals surface area contributed by atoms with Crippen molar-refractivity contribution >= 4 is 11.6 Å². The fourth-order valence-corrected chi connectivity index (χ4v) is 3.65. The van der Waals surface area contributed by atoms with Gasteiger partial charge in [-0.3, -0.25) is 9.48 Å². The van der Waals surface area contributed by atoms with Crippen LogP contribution in [0.3, 0.4) is 0 Å². The minimum atomic E-state index is -0.340. The molecule has 1 aromatic heterocycles. The van der Waals surface area contributed by atoms with Crippen LogP contribution in [0.4, 0.5) is 5.69 Å². The van der Waals surface area contributed by atoms with E-state index in [0.29, 0.717) is 41.8 Å². The second-order valence-corrected chi connectivity index (χ2v) is 7.14. The van der Waals surface area contributed by atoms with Crippen LogP contribution in [0.5, 0.6) is 23.0 Å². The second kappa shape index (κ2) is 7.84. The summed E-state index contributed by atoms with van der Waals surface area (Å²) in [5.41, 5.74) is 2.61. The fraction of sp³-hybridized carbons (Fsp3) is 0.273. The predicted octanol–water partition coefficient (Wildman–Crippen LogP) is 3.15. The molecule has 9 nitrogen and oxygen atoms in total. The third kappa shape index (κ3) is 3.64. The lowest BCUT2D eigenvalue weighted by molar-refractivity contribution is -0.00127. The summed E-state index contributed by atoms with van der Waals surface area (Å²) in [6.07, 6.45) is -0.198. The number of hydrogen-bond donors (Lipinski definition) is 1. The number of rotatable bonds is 5. The third-order valence-electron chi connectivity index (χ3n) is 5.29. The Morgan fingerprint density at radius 2 is 1.97 bits per heavy atom. The summed E-state index contributed by atoms with van der Waals surface area (Å²) in [4.78, 5) is 12.8. The number of carbonyl (C=O) groups is 1. The molecule has 2 aliphatic rings. The zero-order valence-electron chi connectivity index (χ0n) is 17.1. The first kappa shape index (κ1) is 19.3. The summed E-state index contributed by atoms with van der Waals surface area (Å²) in [6, 6.07) is 12.7. The Balaban J connectivity index is 1.33. The van der Waals surface area contributed by atoms with Gasteiger partial charge in [0.2, 0.25) is 6.79 Å². The van der Waals surface area contributed by atoms with Crippen molar-refractivity contribution in [3.8, 4) is 23.0 Å². The number of nitrogens with one attached hydrogen (secondary N) is 1. The van der Waals surface area contributed by atoms with Crippen LogP contribution in [-0.4, -0.2) is 36.7 Å². The van der Waals surface area contributed by atoms with Crippen molar-refractivity contribution in [3.05, 3.63) is 59.4 Å². The lowest BCUT2D eigenvalue weighted by atomic mass is 10.1. The van der Waals surface area contributed by atoms with Gasteiger partial charge in [0.15, 0.2) is 17.2 Å². The van der Waals surface area contributed by atoms with Crippen molar-refractivity contribution in [2.45, 2.75) is 19.3 Å². The molecule has 1 N–H and O–H groups in total. The summed E-state index contributed by atoms with van der Waals surface area (Å²) in [5.74, 6) is 2.24. The highest BCUT2D eigenvalue weighted by Gasteiger charge is 2.26. The average molecular weight is 423 g/mol. The van der Waals surface area contributed by atoms with Crippen LogP contribution in [0.2, 0.25) is 0 Å². The molecule has 0 aliphatic carbocycles. The molecule has 0 radical (unpaired) electrons. The van der Waals surface area contributed by atoms with E-state index >= 15 is 0 Å². The minimum Gasteiger partial charge on any atom is -0.497 e. The molecule has 2 aliphatic heterocycles. The number of amides is 1. The maximum Gasteiger partial charge on any atom is 0.276 e. The number of carbonyl (C=O) groups excluding carboxylic acids is 1. The van der Waals surface area contributed by atoms with E-state index in [1.807, 2.05) is 18.2 Å². The molecule has 3 heterocycles. The number of ether oxygens (including phenoxy) is 5. The maximum absolute atomic E-state index is 12.8. The van der Waals surface area contributed by atoms with E-state index in [0.717, 1.165) is 17.0 Å². The predicted molar refractivity (Wildman–Crippen MR) is 110 cm³/mol. The molecule has 1 amide bonds. The third-order valence-corrected chi connectivity index (χ3v) is 5.29. The van der Waals surface area contributed by atoms with Gasteiger partial charge < -0.3 is 29.0 Å². The SMILES string of the molecule is COc1ccc(OC)c(NC(=O)c2cc3n(n2)C[C@H](c2ccc4c(c2)OCO4)OC3)c1. The van der Waals surface area contributed by atoms with Gasteiger partial charge in [0.05, 0.1) is 38.8 Å². The van der Waals surface area contributed by atoms with E-state index in [2.05, 4.69) is 10.4 Å². The fourth-order valence-electron chi connectivity index (χ4n) is 3.65. The van der Waals surface area contributed by atoms with Crippen molar-refractivity contribution in [2.24, 2.45) is 0 Å². The summed E-state index contributed by atoms with van der Waals surface area (Å²) in [7, 11) is 3.10. The molecule has 0 bridgehead atoms. The number of nitrogens with zero attached hydrogens (tertiary/aromatic N) is 2. The van der Waals surface area contributed by atoms with E-state index < -0.39 is 0 Å². The van der Waals surface area contributed by atoms with Crippen LogP contribution >= 0.6 is 0 Å². The molecule has 5 rings (SSSR count). The van der Waals surface area contributed by atoms with Crippen LogP contribution in [0.15, 0.2) is 42.5 Å². The molecule has 0 fully saturated rings. The van der Waals surface area contributed by atoms with Gasteiger partial charge in [-0.05, 0) is 35.9 Å². The van der Waals surface area contributed by atoms with Crippen molar-refractivity contribution < 1.29 is 28.5 Å². The van der Waals surface area contributed by atoms with Crippen LogP contribution < -0.4 is 24.3 Å². The summed E-state index contributed by atoms with van der Waals surface area (Å²) >= 11 is 0. The van der Waals surface area contributed by atoms with E-state index in [9.17, 15) is 4.79 Å². The molecule has 2 aromatic carbocycles. The molecular formula is C22H21N3O6. The topological polar surface area (TPSA) is 93.1 Å². The zero-order chi connectivity index (χ0) is 21.4. The summed E-state index contributed by atoms with van der Waals surface area (Å²) in [6.45, 7) is 1.07. The highest BCUT2D eigenvalue weighted by Crippen LogP contribution is 2.36. The number of hydrogen-bond acceptors (Lipinski definition) is 7. The minimum absolute atomic E-state index is 0.198. The second-order valence-electron chi connectivity index (χ2n) is 7.14. The lowest BCUT2D eigenvalue weighted by Crippen LogP contribution is -2.22. The zero-order valence-corrected chi connectivity index (χ0v) is 17.1. The number of benzene rings is 2.